The van der Waals surface area contributed by atoms with Gasteiger partial charge in [0.15, 0.2) is 0 Å². The van der Waals surface area contributed by atoms with E-state index in [1.807, 2.05) is 6.92 Å². The molecule has 1 aliphatic heterocycles. The molecule has 4 atom stereocenters. The Bertz CT molecular complexity index is 471. The molecular weight excluding hydrogens is 354 g/mol. The number of carbonyl (C=O) groups is 1. The van der Waals surface area contributed by atoms with Gasteiger partial charge >= 0.3 is 0 Å². The van der Waals surface area contributed by atoms with Crippen LogP contribution in [-0.4, -0.2) is 22.4 Å². The largest absolute Gasteiger partial charge is 0.335 e. The number of carbonyl (C=O) groups excluding carboxylic acids is 1. The predicted molar refractivity (Wildman–Crippen MR) is 128 cm³/mol. The van der Waals surface area contributed by atoms with Crippen molar-refractivity contribution in [3.8, 4) is 0 Å². The molecule has 0 aromatic rings. The molecule has 2 heteroatoms. The molecule has 1 amide bonds. The summed E-state index contributed by atoms with van der Waals surface area (Å²) in [4.78, 5) is 15.3. The summed E-state index contributed by atoms with van der Waals surface area (Å²) in [5.74, 6) is 1.77. The quantitative estimate of drug-likeness (QED) is 0.315. The molecule has 1 rings (SSSR count). The van der Waals surface area contributed by atoms with Gasteiger partial charge in [-0.15, -0.1) is 0 Å². The molecule has 0 bridgehead atoms. The second-order valence-corrected chi connectivity index (χ2v) is 11.0. The van der Waals surface area contributed by atoms with Gasteiger partial charge in [0.2, 0.25) is 5.91 Å². The topological polar surface area (TPSA) is 20.3 Å². The Morgan fingerprint density at radius 3 is 2.14 bits per heavy atom. The summed E-state index contributed by atoms with van der Waals surface area (Å²) in [5, 5.41) is 0. The first-order valence-electron chi connectivity index (χ1n) is 13.0. The summed E-state index contributed by atoms with van der Waals surface area (Å²) in [6.07, 6.45) is 16.2. The minimum Gasteiger partial charge on any atom is -0.335 e. The minimum atomic E-state index is -0.0287. The predicted octanol–water partition coefficient (Wildman–Crippen LogP) is 8.39. The van der Waals surface area contributed by atoms with Gasteiger partial charge in [-0.1, -0.05) is 80.1 Å². The van der Waals surface area contributed by atoms with Crippen molar-refractivity contribution in [3.63, 3.8) is 0 Å². The second-order valence-electron chi connectivity index (χ2n) is 11.0. The van der Waals surface area contributed by atoms with Crippen molar-refractivity contribution in [1.29, 1.82) is 0 Å². The molecule has 1 heterocycles. The Kier molecular flexibility index (Phi) is 11.3. The van der Waals surface area contributed by atoms with Gasteiger partial charge in [-0.2, -0.15) is 0 Å². The third-order valence-electron chi connectivity index (χ3n) is 7.84. The molecule has 1 aliphatic rings. The number of rotatable bonds is 11. The third-order valence-corrected chi connectivity index (χ3v) is 7.84. The van der Waals surface area contributed by atoms with Crippen LogP contribution in [0.15, 0.2) is 0 Å². The van der Waals surface area contributed by atoms with Crippen molar-refractivity contribution < 1.29 is 4.79 Å². The fraction of sp³-hybridized carbons (Fsp3) is 0.963. The van der Waals surface area contributed by atoms with E-state index in [-0.39, 0.29) is 5.54 Å². The number of amides is 1. The summed E-state index contributed by atoms with van der Waals surface area (Å²) in [6, 6.07) is 0.395. The molecule has 4 unspecified atom stereocenters. The smallest absolute Gasteiger partial charge is 0.222 e. The molecule has 1 saturated heterocycles. The molecule has 0 spiro atoms. The Morgan fingerprint density at radius 2 is 1.59 bits per heavy atom. The van der Waals surface area contributed by atoms with Crippen molar-refractivity contribution in [1.82, 2.24) is 4.90 Å². The normalized spacial score (nSPS) is 27.2. The first-order valence-corrected chi connectivity index (χ1v) is 13.0. The standard InChI is InChI=1S/C27H53NO/c1-9-13-15-16-18-27(8,17-14-10-2)23-19-22(5)21-26(6,7)28(25(29)12-4)24(11-3)20-23/h22-24H,9-21H2,1-8H3. The van der Waals surface area contributed by atoms with Gasteiger partial charge in [-0.25, -0.2) is 0 Å². The number of hydrogen-bond donors (Lipinski definition) is 0. The molecule has 1 fully saturated rings. The number of hydrogen-bond acceptors (Lipinski definition) is 1. The zero-order valence-corrected chi connectivity index (χ0v) is 21.3. The monoisotopic (exact) mass is 407 g/mol. The summed E-state index contributed by atoms with van der Waals surface area (Å²) in [7, 11) is 0. The number of unbranched alkanes of at least 4 members (excludes halogenated alkanes) is 4. The molecule has 0 N–H and O–H groups in total. The highest BCUT2D eigenvalue weighted by atomic mass is 16.2. The van der Waals surface area contributed by atoms with Crippen LogP contribution >= 0.6 is 0 Å². The SMILES string of the molecule is CCCCCCC(C)(CCCC)C1CC(C)CC(C)(C)N(C(=O)CC)C(CC)C1. The van der Waals surface area contributed by atoms with E-state index in [9.17, 15) is 4.79 Å². The van der Waals surface area contributed by atoms with Gasteiger partial charge in [0.05, 0.1) is 0 Å². The highest BCUT2D eigenvalue weighted by Gasteiger charge is 2.43. The van der Waals surface area contributed by atoms with Crippen LogP contribution in [0.4, 0.5) is 0 Å². The maximum atomic E-state index is 13.0. The summed E-state index contributed by atoms with van der Waals surface area (Å²) in [6.45, 7) is 18.6. The summed E-state index contributed by atoms with van der Waals surface area (Å²) < 4.78 is 0. The molecule has 29 heavy (non-hydrogen) atoms. The fourth-order valence-electron chi connectivity index (χ4n) is 6.24. The molecular formula is C27H53NO. The van der Waals surface area contributed by atoms with Crippen LogP contribution in [0.25, 0.3) is 0 Å². The average molecular weight is 408 g/mol. The van der Waals surface area contributed by atoms with Gasteiger partial charge in [0, 0.05) is 18.0 Å². The zero-order chi connectivity index (χ0) is 22.1. The lowest BCUT2D eigenvalue weighted by Gasteiger charge is -2.51. The highest BCUT2D eigenvalue weighted by molar-refractivity contribution is 5.77. The summed E-state index contributed by atoms with van der Waals surface area (Å²) >= 11 is 0. The van der Waals surface area contributed by atoms with Crippen LogP contribution < -0.4 is 0 Å². The minimum absolute atomic E-state index is 0.0287. The van der Waals surface area contributed by atoms with Crippen molar-refractivity contribution in [2.24, 2.45) is 17.3 Å². The number of nitrogens with zero attached hydrogens (tertiary/aromatic N) is 1. The lowest BCUT2D eigenvalue weighted by atomic mass is 9.63. The van der Waals surface area contributed by atoms with Crippen molar-refractivity contribution in [2.45, 2.75) is 150 Å². The maximum Gasteiger partial charge on any atom is 0.222 e. The van der Waals surface area contributed by atoms with Gasteiger partial charge in [-0.05, 0) is 69.6 Å². The van der Waals surface area contributed by atoms with E-state index in [2.05, 4.69) is 53.4 Å². The van der Waals surface area contributed by atoms with Crippen LogP contribution in [0.1, 0.15) is 139 Å². The Labute approximate surface area is 183 Å². The molecule has 0 radical (unpaired) electrons. The van der Waals surface area contributed by atoms with Gasteiger partial charge < -0.3 is 4.90 Å². The first-order chi connectivity index (χ1) is 13.6. The number of likely N-dealkylation sites (tertiary alicyclic amines) is 1. The van der Waals surface area contributed by atoms with E-state index in [4.69, 9.17) is 0 Å². The molecule has 172 valence electrons. The van der Waals surface area contributed by atoms with E-state index in [0.717, 1.165) is 18.8 Å². The van der Waals surface area contributed by atoms with Crippen LogP contribution in [0, 0.1) is 17.3 Å². The van der Waals surface area contributed by atoms with E-state index < -0.39 is 0 Å². The third kappa shape index (κ3) is 7.59. The first kappa shape index (κ1) is 26.5. The second kappa shape index (κ2) is 12.4. The van der Waals surface area contributed by atoms with E-state index in [1.54, 1.807) is 0 Å². The van der Waals surface area contributed by atoms with Gasteiger partial charge in [0.25, 0.3) is 0 Å². The zero-order valence-electron chi connectivity index (χ0n) is 21.3. The van der Waals surface area contributed by atoms with Crippen LogP contribution in [0.2, 0.25) is 0 Å². The Hall–Kier alpha value is -0.530. The molecule has 0 aromatic heterocycles. The van der Waals surface area contributed by atoms with Crippen molar-refractivity contribution >= 4 is 5.91 Å². The lowest BCUT2D eigenvalue weighted by Crippen LogP contribution is -2.56. The van der Waals surface area contributed by atoms with E-state index in [0.29, 0.717) is 29.7 Å². The molecule has 0 aromatic carbocycles. The van der Waals surface area contributed by atoms with Crippen molar-refractivity contribution in [2.75, 3.05) is 0 Å². The van der Waals surface area contributed by atoms with Crippen LogP contribution in [0.5, 0.6) is 0 Å². The van der Waals surface area contributed by atoms with Gasteiger partial charge in [0.1, 0.15) is 0 Å². The van der Waals surface area contributed by atoms with Crippen LogP contribution in [0.3, 0.4) is 0 Å². The van der Waals surface area contributed by atoms with Crippen molar-refractivity contribution in [3.05, 3.63) is 0 Å². The van der Waals surface area contributed by atoms with Crippen LogP contribution in [-0.2, 0) is 4.79 Å². The van der Waals surface area contributed by atoms with E-state index in [1.165, 1.54) is 64.2 Å². The van der Waals surface area contributed by atoms with Gasteiger partial charge in [-0.3, -0.25) is 4.79 Å². The molecule has 2 nitrogen and oxygen atoms in total. The van der Waals surface area contributed by atoms with E-state index >= 15 is 0 Å². The fourth-order valence-corrected chi connectivity index (χ4v) is 6.24. The Balaban J connectivity index is 3.16. The molecule has 0 aliphatic carbocycles. The summed E-state index contributed by atoms with van der Waals surface area (Å²) in [5.41, 5.74) is 0.396. The Morgan fingerprint density at radius 1 is 0.966 bits per heavy atom. The highest BCUT2D eigenvalue weighted by Crippen LogP contribution is 2.47. The average Bonchev–Trinajstić information content (AvgIpc) is 2.66. The molecule has 0 saturated carbocycles. The maximum absolute atomic E-state index is 13.0. The lowest BCUT2D eigenvalue weighted by molar-refractivity contribution is -0.143.